The van der Waals surface area contributed by atoms with Crippen LogP contribution in [0.3, 0.4) is 0 Å². The van der Waals surface area contributed by atoms with Crippen molar-refractivity contribution in [2.75, 3.05) is 0 Å². The summed E-state index contributed by atoms with van der Waals surface area (Å²) in [7, 11) is 0. The van der Waals surface area contributed by atoms with Crippen molar-refractivity contribution < 1.29 is 5.11 Å². The molecule has 0 bridgehead atoms. The van der Waals surface area contributed by atoms with E-state index in [9.17, 15) is 5.11 Å². The van der Waals surface area contributed by atoms with E-state index in [1.54, 1.807) is 0 Å². The molecule has 0 fully saturated rings. The third-order valence-electron chi connectivity index (χ3n) is 3.63. The van der Waals surface area contributed by atoms with Gasteiger partial charge in [-0.1, -0.05) is 32.1 Å². The molecule has 72 valence electrons. The number of aliphatic hydroxyl groups is 1. The van der Waals surface area contributed by atoms with Gasteiger partial charge in [-0.15, -0.1) is 0 Å². The molecule has 1 heteroatoms. The molecule has 0 aromatic carbocycles. The van der Waals surface area contributed by atoms with E-state index in [-0.39, 0.29) is 6.10 Å². The van der Waals surface area contributed by atoms with Crippen LogP contribution in [0.25, 0.3) is 0 Å². The summed E-state index contributed by atoms with van der Waals surface area (Å²) in [5.41, 5.74) is 1.37. The van der Waals surface area contributed by atoms with Gasteiger partial charge in [0.2, 0.25) is 0 Å². The first-order chi connectivity index (χ1) is 6.20. The molecule has 0 heterocycles. The number of aliphatic hydroxyl groups excluding tert-OH is 1. The highest BCUT2D eigenvalue weighted by atomic mass is 16.3. The molecule has 0 amide bonds. The summed E-state index contributed by atoms with van der Waals surface area (Å²) in [6.45, 7) is 4.49. The van der Waals surface area contributed by atoms with E-state index in [0.717, 1.165) is 12.8 Å². The van der Waals surface area contributed by atoms with Crippen LogP contribution in [0.4, 0.5) is 0 Å². The van der Waals surface area contributed by atoms with Gasteiger partial charge in [-0.25, -0.2) is 0 Å². The maximum Gasteiger partial charge on any atom is 0.0614 e. The minimum atomic E-state index is -0.109. The van der Waals surface area contributed by atoms with E-state index >= 15 is 0 Å². The third-order valence-corrected chi connectivity index (χ3v) is 3.63. The average Bonchev–Trinajstić information content (AvgIpc) is 2.12. The van der Waals surface area contributed by atoms with Crippen molar-refractivity contribution in [3.05, 3.63) is 23.8 Å². The monoisotopic (exact) mass is 178 g/mol. The number of hydrogen-bond donors (Lipinski definition) is 1. The quantitative estimate of drug-likeness (QED) is 0.604. The second kappa shape index (κ2) is 3.30. The molecule has 0 saturated heterocycles. The molecule has 0 radical (unpaired) electrons. The first-order valence-electron chi connectivity index (χ1n) is 5.26. The van der Waals surface area contributed by atoms with Crippen molar-refractivity contribution in [3.63, 3.8) is 0 Å². The molecule has 1 nitrogen and oxygen atoms in total. The molecule has 1 N–H and O–H groups in total. The first kappa shape index (κ1) is 9.01. The highest BCUT2D eigenvalue weighted by Crippen LogP contribution is 2.39. The Hall–Kier alpha value is -0.560. The summed E-state index contributed by atoms with van der Waals surface area (Å²) in [6, 6.07) is 0. The lowest BCUT2D eigenvalue weighted by molar-refractivity contribution is 0.0726. The van der Waals surface area contributed by atoms with Gasteiger partial charge in [0, 0.05) is 5.92 Å². The Morgan fingerprint density at radius 3 is 2.92 bits per heavy atom. The minimum Gasteiger partial charge on any atom is -0.392 e. The molecule has 4 atom stereocenters. The van der Waals surface area contributed by atoms with Gasteiger partial charge in [0.1, 0.15) is 0 Å². The fourth-order valence-electron chi connectivity index (χ4n) is 2.56. The standard InChI is InChI=1S/C12H18O/c1-8-6-7-10-4-3-5-11(13)12(10)9(8)2/h4,6-9,11-13H,3,5H2,1-2H3/t8-,9?,11-,12?/m0/s1. The smallest absolute Gasteiger partial charge is 0.0614 e. The van der Waals surface area contributed by atoms with Crippen LogP contribution in [-0.2, 0) is 0 Å². The molecule has 0 aromatic rings. The maximum atomic E-state index is 9.92. The van der Waals surface area contributed by atoms with Crippen LogP contribution in [0.15, 0.2) is 23.8 Å². The Balaban J connectivity index is 2.31. The maximum absolute atomic E-state index is 9.92. The van der Waals surface area contributed by atoms with Gasteiger partial charge in [0.05, 0.1) is 6.10 Å². The van der Waals surface area contributed by atoms with Gasteiger partial charge in [-0.3, -0.25) is 0 Å². The second-order valence-electron chi connectivity index (χ2n) is 4.45. The Labute approximate surface area is 80.2 Å². The Kier molecular flexibility index (Phi) is 2.29. The van der Waals surface area contributed by atoms with Crippen molar-refractivity contribution in [3.8, 4) is 0 Å². The van der Waals surface area contributed by atoms with E-state index in [1.807, 2.05) is 0 Å². The van der Waals surface area contributed by atoms with Crippen LogP contribution in [0.1, 0.15) is 26.7 Å². The van der Waals surface area contributed by atoms with Crippen LogP contribution in [0.2, 0.25) is 0 Å². The van der Waals surface area contributed by atoms with Crippen molar-refractivity contribution in [1.82, 2.24) is 0 Å². The molecule has 2 rings (SSSR count). The van der Waals surface area contributed by atoms with Gasteiger partial charge in [0.15, 0.2) is 0 Å². The Morgan fingerprint density at radius 1 is 1.38 bits per heavy atom. The topological polar surface area (TPSA) is 20.2 Å². The normalized spacial score (nSPS) is 44.1. The van der Waals surface area contributed by atoms with Crippen LogP contribution in [0.5, 0.6) is 0 Å². The molecular formula is C12H18O. The fraction of sp³-hybridized carbons (Fsp3) is 0.667. The summed E-state index contributed by atoms with van der Waals surface area (Å²) in [6.07, 6.45) is 8.64. The van der Waals surface area contributed by atoms with Gasteiger partial charge in [0.25, 0.3) is 0 Å². The van der Waals surface area contributed by atoms with Crippen LogP contribution in [-0.4, -0.2) is 11.2 Å². The van der Waals surface area contributed by atoms with Crippen molar-refractivity contribution in [1.29, 1.82) is 0 Å². The largest absolute Gasteiger partial charge is 0.392 e. The Bertz CT molecular complexity index is 252. The molecule has 2 unspecified atom stereocenters. The van der Waals surface area contributed by atoms with Crippen molar-refractivity contribution in [2.24, 2.45) is 17.8 Å². The summed E-state index contributed by atoms with van der Waals surface area (Å²) in [5, 5.41) is 9.92. The lowest BCUT2D eigenvalue weighted by Gasteiger charge is -2.38. The predicted octanol–water partition coefficient (Wildman–Crippen LogP) is 2.53. The highest BCUT2D eigenvalue weighted by Gasteiger charge is 2.34. The molecular weight excluding hydrogens is 160 g/mol. The van der Waals surface area contributed by atoms with E-state index < -0.39 is 0 Å². The number of hydrogen-bond acceptors (Lipinski definition) is 1. The average molecular weight is 178 g/mol. The van der Waals surface area contributed by atoms with Gasteiger partial charge in [-0.2, -0.15) is 0 Å². The van der Waals surface area contributed by atoms with Crippen LogP contribution in [0, 0.1) is 17.8 Å². The van der Waals surface area contributed by atoms with E-state index in [0.29, 0.717) is 17.8 Å². The third kappa shape index (κ3) is 1.46. The molecule has 2 aliphatic rings. The van der Waals surface area contributed by atoms with E-state index in [2.05, 4.69) is 32.1 Å². The highest BCUT2D eigenvalue weighted by molar-refractivity contribution is 5.29. The van der Waals surface area contributed by atoms with Gasteiger partial charge >= 0.3 is 0 Å². The summed E-state index contributed by atoms with van der Waals surface area (Å²) < 4.78 is 0. The van der Waals surface area contributed by atoms with Gasteiger partial charge < -0.3 is 5.11 Å². The Morgan fingerprint density at radius 2 is 2.15 bits per heavy atom. The number of rotatable bonds is 0. The summed E-state index contributed by atoms with van der Waals surface area (Å²) in [5.74, 6) is 1.59. The van der Waals surface area contributed by atoms with Crippen LogP contribution >= 0.6 is 0 Å². The predicted molar refractivity (Wildman–Crippen MR) is 54.3 cm³/mol. The molecule has 0 saturated carbocycles. The summed E-state index contributed by atoms with van der Waals surface area (Å²) in [4.78, 5) is 0. The molecule has 0 aliphatic heterocycles. The van der Waals surface area contributed by atoms with Crippen molar-refractivity contribution >= 4 is 0 Å². The van der Waals surface area contributed by atoms with Gasteiger partial charge in [-0.05, 0) is 30.3 Å². The number of fused-ring (bicyclic) bond motifs is 1. The zero-order chi connectivity index (χ0) is 9.42. The van der Waals surface area contributed by atoms with E-state index in [4.69, 9.17) is 0 Å². The first-order valence-corrected chi connectivity index (χ1v) is 5.26. The SMILES string of the molecule is CC1C2C(=CCC[C@@H]2O)C=C[C@@H]1C. The number of allylic oxidation sites excluding steroid dienone is 3. The lowest BCUT2D eigenvalue weighted by Crippen LogP contribution is -2.34. The summed E-state index contributed by atoms with van der Waals surface area (Å²) >= 11 is 0. The fourth-order valence-corrected chi connectivity index (χ4v) is 2.56. The zero-order valence-electron chi connectivity index (χ0n) is 8.40. The van der Waals surface area contributed by atoms with E-state index in [1.165, 1.54) is 5.57 Å². The zero-order valence-corrected chi connectivity index (χ0v) is 8.40. The minimum absolute atomic E-state index is 0.109. The molecule has 0 spiro atoms. The molecule has 13 heavy (non-hydrogen) atoms. The molecule has 2 aliphatic carbocycles. The van der Waals surface area contributed by atoms with Crippen molar-refractivity contribution in [2.45, 2.75) is 32.8 Å². The molecule has 0 aromatic heterocycles. The second-order valence-corrected chi connectivity index (χ2v) is 4.45. The van der Waals surface area contributed by atoms with Crippen LogP contribution < -0.4 is 0 Å². The lowest BCUT2D eigenvalue weighted by atomic mass is 9.69.